The molecule has 0 radical (unpaired) electrons. The van der Waals surface area contributed by atoms with Crippen molar-refractivity contribution in [2.45, 2.75) is 13.5 Å². The van der Waals surface area contributed by atoms with Crippen LogP contribution in [0.5, 0.6) is 0 Å². The zero-order valence-electron chi connectivity index (χ0n) is 11.0. The van der Waals surface area contributed by atoms with Crippen molar-refractivity contribution in [2.75, 3.05) is 19.8 Å². The van der Waals surface area contributed by atoms with Crippen LogP contribution in [0.25, 0.3) is 0 Å². The van der Waals surface area contributed by atoms with Gasteiger partial charge < -0.3 is 9.47 Å². The highest BCUT2D eigenvalue weighted by Crippen LogP contribution is 2.16. The molecule has 108 valence electrons. The minimum atomic E-state index is -0.552. The van der Waals surface area contributed by atoms with Crippen LogP contribution in [0.4, 0.5) is 4.79 Å². The van der Waals surface area contributed by atoms with Crippen molar-refractivity contribution in [2.24, 2.45) is 0 Å². The first-order valence-electron chi connectivity index (χ1n) is 6.13. The van der Waals surface area contributed by atoms with E-state index in [1.807, 2.05) is 13.0 Å². The van der Waals surface area contributed by atoms with Gasteiger partial charge in [0.25, 0.3) is 5.91 Å². The number of carbonyl (C=O) groups excluding carboxylic acids is 2. The maximum atomic E-state index is 11.6. The molecule has 0 spiro atoms. The molecule has 1 fully saturated rings. The topological polar surface area (TPSA) is 67.9 Å². The fourth-order valence-electron chi connectivity index (χ4n) is 1.73. The standard InChI is InChI=1S/C13H15ClN2O4/c1-9-2-3-11(14)6-10(9)7-19-8-12(17)15-16-4-5-20-13(16)18/h2-3,6H,4-5,7-8H2,1H3,(H,15,17). The van der Waals surface area contributed by atoms with Crippen molar-refractivity contribution in [3.05, 3.63) is 34.3 Å². The number of hydrogen-bond acceptors (Lipinski definition) is 4. The molecule has 0 bridgehead atoms. The van der Waals surface area contributed by atoms with Gasteiger partial charge in [0.15, 0.2) is 0 Å². The number of benzene rings is 1. The molecule has 1 N–H and O–H groups in total. The molecule has 6 nitrogen and oxygen atoms in total. The van der Waals surface area contributed by atoms with Gasteiger partial charge in [0.1, 0.15) is 13.2 Å². The number of rotatable bonds is 5. The van der Waals surface area contributed by atoms with Crippen molar-refractivity contribution in [3.63, 3.8) is 0 Å². The van der Waals surface area contributed by atoms with Crippen molar-refractivity contribution >= 4 is 23.6 Å². The normalized spacial score (nSPS) is 14.3. The Hall–Kier alpha value is -1.79. The van der Waals surface area contributed by atoms with Gasteiger partial charge in [-0.15, -0.1) is 0 Å². The van der Waals surface area contributed by atoms with Crippen LogP contribution in [0.15, 0.2) is 18.2 Å². The number of nitrogens with zero attached hydrogens (tertiary/aromatic N) is 1. The molecule has 1 aromatic carbocycles. The highest BCUT2D eigenvalue weighted by Gasteiger charge is 2.23. The third-order valence-electron chi connectivity index (χ3n) is 2.82. The lowest BCUT2D eigenvalue weighted by molar-refractivity contribution is -0.129. The van der Waals surface area contributed by atoms with E-state index in [-0.39, 0.29) is 19.8 Å². The third kappa shape index (κ3) is 3.85. The summed E-state index contributed by atoms with van der Waals surface area (Å²) in [6, 6.07) is 5.49. The summed E-state index contributed by atoms with van der Waals surface area (Å²) < 4.78 is 10.00. The lowest BCUT2D eigenvalue weighted by Crippen LogP contribution is -2.44. The second-order valence-electron chi connectivity index (χ2n) is 4.36. The van der Waals surface area contributed by atoms with Crippen LogP contribution < -0.4 is 5.43 Å². The van der Waals surface area contributed by atoms with Gasteiger partial charge >= 0.3 is 6.09 Å². The van der Waals surface area contributed by atoms with E-state index in [1.54, 1.807) is 12.1 Å². The van der Waals surface area contributed by atoms with Crippen LogP contribution in [0.1, 0.15) is 11.1 Å². The lowest BCUT2D eigenvalue weighted by Gasteiger charge is -2.14. The molecule has 0 atom stereocenters. The molecule has 1 aromatic rings. The van der Waals surface area contributed by atoms with Crippen LogP contribution in [0, 0.1) is 6.92 Å². The van der Waals surface area contributed by atoms with Crippen molar-refractivity contribution < 1.29 is 19.1 Å². The van der Waals surface area contributed by atoms with E-state index in [0.29, 0.717) is 11.6 Å². The van der Waals surface area contributed by atoms with Crippen LogP contribution >= 0.6 is 11.6 Å². The molecular formula is C13H15ClN2O4. The van der Waals surface area contributed by atoms with Crippen molar-refractivity contribution in [1.82, 2.24) is 10.4 Å². The zero-order chi connectivity index (χ0) is 14.5. The molecule has 2 rings (SSSR count). The number of carbonyl (C=O) groups is 2. The van der Waals surface area contributed by atoms with Gasteiger partial charge in [-0.05, 0) is 30.2 Å². The highest BCUT2D eigenvalue weighted by atomic mass is 35.5. The Kier molecular flexibility index (Phi) is 4.81. The average molecular weight is 299 g/mol. The van der Waals surface area contributed by atoms with Gasteiger partial charge in [-0.3, -0.25) is 10.2 Å². The smallest absolute Gasteiger partial charge is 0.428 e. The van der Waals surface area contributed by atoms with E-state index >= 15 is 0 Å². The Morgan fingerprint density at radius 1 is 1.55 bits per heavy atom. The molecule has 1 saturated heterocycles. The summed E-state index contributed by atoms with van der Waals surface area (Å²) >= 11 is 5.89. The molecule has 1 aliphatic heterocycles. The molecule has 7 heteroatoms. The second kappa shape index (κ2) is 6.58. The molecule has 0 unspecified atom stereocenters. The summed E-state index contributed by atoms with van der Waals surface area (Å²) in [5.74, 6) is -0.400. The number of hydrazine groups is 1. The van der Waals surface area contributed by atoms with Gasteiger partial charge in [-0.1, -0.05) is 17.7 Å². The summed E-state index contributed by atoms with van der Waals surface area (Å²) in [5, 5.41) is 1.74. The van der Waals surface area contributed by atoms with Gasteiger partial charge in [0.05, 0.1) is 13.2 Å². The van der Waals surface area contributed by atoms with Crippen LogP contribution in [0.3, 0.4) is 0 Å². The Morgan fingerprint density at radius 2 is 2.35 bits per heavy atom. The average Bonchev–Trinajstić information content (AvgIpc) is 2.79. The van der Waals surface area contributed by atoms with Gasteiger partial charge in [0, 0.05) is 5.02 Å². The monoisotopic (exact) mass is 298 g/mol. The highest BCUT2D eigenvalue weighted by molar-refractivity contribution is 6.30. The molecule has 0 aliphatic carbocycles. The van der Waals surface area contributed by atoms with E-state index in [9.17, 15) is 9.59 Å². The molecule has 0 aromatic heterocycles. The number of hydrogen-bond donors (Lipinski definition) is 1. The predicted molar refractivity (Wildman–Crippen MR) is 72.0 cm³/mol. The van der Waals surface area contributed by atoms with Crippen LogP contribution in [-0.2, 0) is 20.9 Å². The first-order chi connectivity index (χ1) is 9.56. The molecule has 1 aliphatic rings. The van der Waals surface area contributed by atoms with Crippen LogP contribution in [0.2, 0.25) is 5.02 Å². The van der Waals surface area contributed by atoms with E-state index in [4.69, 9.17) is 16.3 Å². The summed E-state index contributed by atoms with van der Waals surface area (Å²) in [5.41, 5.74) is 4.37. The van der Waals surface area contributed by atoms with E-state index in [2.05, 4.69) is 10.2 Å². The first-order valence-corrected chi connectivity index (χ1v) is 6.50. The van der Waals surface area contributed by atoms with E-state index in [1.165, 1.54) is 0 Å². The molecule has 20 heavy (non-hydrogen) atoms. The molecular weight excluding hydrogens is 284 g/mol. The number of cyclic esters (lactones) is 1. The first kappa shape index (κ1) is 14.6. The summed E-state index contributed by atoms with van der Waals surface area (Å²) in [6.07, 6.45) is -0.552. The SMILES string of the molecule is Cc1ccc(Cl)cc1COCC(=O)NN1CCOC1=O. The number of nitrogens with one attached hydrogen (secondary N) is 1. The summed E-state index contributed by atoms with van der Waals surface area (Å²) in [7, 11) is 0. The van der Waals surface area contributed by atoms with E-state index in [0.717, 1.165) is 16.1 Å². The fraction of sp³-hybridized carbons (Fsp3) is 0.385. The quantitative estimate of drug-likeness (QED) is 0.897. The number of amides is 2. The van der Waals surface area contributed by atoms with Crippen LogP contribution in [-0.4, -0.2) is 36.8 Å². The van der Waals surface area contributed by atoms with E-state index < -0.39 is 12.0 Å². The minimum absolute atomic E-state index is 0.143. The largest absolute Gasteiger partial charge is 0.446 e. The fourth-order valence-corrected chi connectivity index (χ4v) is 1.92. The van der Waals surface area contributed by atoms with Gasteiger partial charge in [-0.2, -0.15) is 0 Å². The van der Waals surface area contributed by atoms with Gasteiger partial charge in [-0.25, -0.2) is 9.80 Å². The number of aryl methyl sites for hydroxylation is 1. The third-order valence-corrected chi connectivity index (χ3v) is 3.06. The summed E-state index contributed by atoms with van der Waals surface area (Å²) in [6.45, 7) is 2.70. The lowest BCUT2D eigenvalue weighted by atomic mass is 10.1. The molecule has 2 amide bonds. The Balaban J connectivity index is 1.76. The Bertz CT molecular complexity index is 521. The molecule has 1 heterocycles. The Labute approximate surface area is 121 Å². The predicted octanol–water partition coefficient (Wildman–Crippen LogP) is 1.65. The Morgan fingerprint density at radius 3 is 3.05 bits per heavy atom. The zero-order valence-corrected chi connectivity index (χ0v) is 11.8. The second-order valence-corrected chi connectivity index (χ2v) is 4.80. The van der Waals surface area contributed by atoms with Gasteiger partial charge in [0.2, 0.25) is 0 Å². The number of halogens is 1. The molecule has 0 saturated carbocycles. The maximum absolute atomic E-state index is 11.6. The van der Waals surface area contributed by atoms with Crippen molar-refractivity contribution in [1.29, 1.82) is 0 Å². The minimum Gasteiger partial charge on any atom is -0.446 e. The number of ether oxygens (including phenoxy) is 2. The van der Waals surface area contributed by atoms with Crippen molar-refractivity contribution in [3.8, 4) is 0 Å². The summed E-state index contributed by atoms with van der Waals surface area (Å²) in [4.78, 5) is 22.7. The maximum Gasteiger partial charge on any atom is 0.428 e.